The number of ether oxygens (including phenoxy) is 3. The predicted molar refractivity (Wildman–Crippen MR) is 182 cm³/mol. The Kier molecular flexibility index (Phi) is 15.2. The molecule has 46 heavy (non-hydrogen) atoms. The lowest BCUT2D eigenvalue weighted by Gasteiger charge is -2.38. The van der Waals surface area contributed by atoms with E-state index >= 15 is 4.39 Å². The first-order valence-electron chi connectivity index (χ1n) is 16.6. The van der Waals surface area contributed by atoms with Gasteiger partial charge in [-0.05, 0) is 93.5 Å². The fraction of sp³-hybridized carbons (Fsp3) is 0.611. The highest BCUT2D eigenvalue weighted by molar-refractivity contribution is 5.85. The Bertz CT molecular complexity index is 1280. The van der Waals surface area contributed by atoms with E-state index in [-0.39, 0.29) is 61.0 Å². The SMILES string of the molecule is CCc1cc(-c2cc(CC(=O)N(C)C3CCOCC3)ccc2F)c(OCCCOC)cc1CC(=O)N(C(C)C)[C@@H]1CCCNC1.Cl. The number of likely N-dealkylation sites (N-methyl/N-ethyl adjacent to an activating group) is 1. The van der Waals surface area contributed by atoms with Crippen LogP contribution < -0.4 is 10.1 Å². The summed E-state index contributed by atoms with van der Waals surface area (Å²) in [5.74, 6) is 0.240. The summed E-state index contributed by atoms with van der Waals surface area (Å²) in [5, 5.41) is 3.44. The van der Waals surface area contributed by atoms with Crippen molar-refractivity contribution in [1.29, 1.82) is 0 Å². The first kappa shape index (κ1) is 37.7. The van der Waals surface area contributed by atoms with Crippen molar-refractivity contribution in [1.82, 2.24) is 15.1 Å². The van der Waals surface area contributed by atoms with Gasteiger partial charge in [-0.15, -0.1) is 12.4 Å². The lowest BCUT2D eigenvalue weighted by molar-refractivity contribution is -0.135. The van der Waals surface area contributed by atoms with Crippen LogP contribution in [0.1, 0.15) is 69.6 Å². The molecule has 0 bridgehead atoms. The fourth-order valence-corrected chi connectivity index (χ4v) is 6.58. The molecule has 2 aromatic carbocycles. The zero-order valence-corrected chi connectivity index (χ0v) is 29.1. The van der Waals surface area contributed by atoms with Crippen LogP contribution >= 0.6 is 12.4 Å². The van der Waals surface area contributed by atoms with E-state index in [9.17, 15) is 9.59 Å². The van der Waals surface area contributed by atoms with Crippen molar-refractivity contribution in [3.05, 3.63) is 52.8 Å². The number of amides is 2. The average molecular weight is 662 g/mol. The number of halogens is 2. The number of hydrogen-bond donors (Lipinski definition) is 1. The first-order chi connectivity index (χ1) is 21.7. The molecule has 256 valence electrons. The maximum absolute atomic E-state index is 15.6. The highest BCUT2D eigenvalue weighted by Crippen LogP contribution is 2.36. The quantitative estimate of drug-likeness (QED) is 0.266. The Morgan fingerprint density at radius 3 is 2.41 bits per heavy atom. The maximum atomic E-state index is 15.6. The molecule has 2 fully saturated rings. The van der Waals surface area contributed by atoms with Gasteiger partial charge in [0.1, 0.15) is 11.6 Å². The Labute approximate surface area is 280 Å². The minimum atomic E-state index is -0.382. The molecule has 1 N–H and O–H groups in total. The number of carbonyl (C=O) groups is 2. The van der Waals surface area contributed by atoms with Crippen molar-refractivity contribution in [2.24, 2.45) is 0 Å². The highest BCUT2D eigenvalue weighted by Gasteiger charge is 2.29. The van der Waals surface area contributed by atoms with E-state index in [0.29, 0.717) is 56.1 Å². The van der Waals surface area contributed by atoms with E-state index in [1.54, 1.807) is 24.1 Å². The van der Waals surface area contributed by atoms with Crippen molar-refractivity contribution < 1.29 is 28.2 Å². The van der Waals surface area contributed by atoms with Gasteiger partial charge in [-0.3, -0.25) is 9.59 Å². The van der Waals surface area contributed by atoms with Crippen LogP contribution in [0.25, 0.3) is 11.1 Å². The summed E-state index contributed by atoms with van der Waals surface area (Å²) in [5.41, 5.74) is 3.63. The second-order valence-electron chi connectivity index (χ2n) is 12.6. The Morgan fingerprint density at radius 2 is 1.76 bits per heavy atom. The summed E-state index contributed by atoms with van der Waals surface area (Å²) in [4.78, 5) is 30.8. The predicted octanol–water partition coefficient (Wildman–Crippen LogP) is 5.60. The summed E-state index contributed by atoms with van der Waals surface area (Å²) in [7, 11) is 3.49. The van der Waals surface area contributed by atoms with E-state index in [2.05, 4.69) is 26.1 Å². The van der Waals surface area contributed by atoms with Crippen LogP contribution in [0.5, 0.6) is 5.75 Å². The third kappa shape index (κ3) is 9.89. The molecule has 0 saturated carbocycles. The number of methoxy groups -OCH3 is 1. The minimum Gasteiger partial charge on any atom is -0.493 e. The van der Waals surface area contributed by atoms with Crippen LogP contribution in [0.4, 0.5) is 4.39 Å². The second-order valence-corrected chi connectivity index (χ2v) is 12.6. The zero-order chi connectivity index (χ0) is 32.3. The lowest BCUT2D eigenvalue weighted by Crippen LogP contribution is -2.52. The van der Waals surface area contributed by atoms with Gasteiger partial charge in [0.05, 0.1) is 19.4 Å². The van der Waals surface area contributed by atoms with Gasteiger partial charge < -0.3 is 29.3 Å². The molecule has 0 aliphatic carbocycles. The van der Waals surface area contributed by atoms with Gasteiger partial charge in [0.15, 0.2) is 0 Å². The summed E-state index contributed by atoms with van der Waals surface area (Å²) < 4.78 is 32.5. The smallest absolute Gasteiger partial charge is 0.227 e. The molecule has 2 aromatic rings. The van der Waals surface area contributed by atoms with E-state index in [1.807, 2.05) is 24.1 Å². The summed E-state index contributed by atoms with van der Waals surface area (Å²) in [6.07, 6.45) is 5.48. The monoisotopic (exact) mass is 661 g/mol. The van der Waals surface area contributed by atoms with E-state index in [1.165, 1.54) is 6.07 Å². The normalized spacial score (nSPS) is 17.0. The molecule has 8 nitrogen and oxygen atoms in total. The number of nitrogens with one attached hydrogen (secondary N) is 1. The van der Waals surface area contributed by atoms with Gasteiger partial charge in [-0.25, -0.2) is 4.39 Å². The van der Waals surface area contributed by atoms with Gasteiger partial charge in [0, 0.05) is 76.2 Å². The van der Waals surface area contributed by atoms with Crippen LogP contribution in [-0.4, -0.2) is 93.4 Å². The average Bonchev–Trinajstić information content (AvgIpc) is 3.04. The van der Waals surface area contributed by atoms with E-state index in [4.69, 9.17) is 14.2 Å². The highest BCUT2D eigenvalue weighted by atomic mass is 35.5. The number of carbonyl (C=O) groups excluding carboxylic acids is 2. The molecule has 0 aromatic heterocycles. The largest absolute Gasteiger partial charge is 0.493 e. The number of rotatable bonds is 14. The van der Waals surface area contributed by atoms with Crippen molar-refractivity contribution in [3.63, 3.8) is 0 Å². The summed E-state index contributed by atoms with van der Waals surface area (Å²) in [6.45, 7) is 10.2. The van der Waals surface area contributed by atoms with Gasteiger partial charge in [-0.2, -0.15) is 0 Å². The molecule has 10 heteroatoms. The van der Waals surface area contributed by atoms with Crippen molar-refractivity contribution >= 4 is 24.2 Å². The van der Waals surface area contributed by atoms with E-state index < -0.39 is 0 Å². The van der Waals surface area contributed by atoms with Crippen LogP contribution in [0.15, 0.2) is 30.3 Å². The van der Waals surface area contributed by atoms with Gasteiger partial charge in [0.25, 0.3) is 0 Å². The van der Waals surface area contributed by atoms with Crippen LogP contribution in [0, 0.1) is 5.82 Å². The number of aryl methyl sites for hydroxylation is 1. The third-order valence-electron chi connectivity index (χ3n) is 9.09. The van der Waals surface area contributed by atoms with Crippen molar-refractivity contribution in [3.8, 4) is 16.9 Å². The van der Waals surface area contributed by atoms with E-state index in [0.717, 1.165) is 55.5 Å². The molecule has 2 aliphatic rings. The Morgan fingerprint density at radius 1 is 1.00 bits per heavy atom. The van der Waals surface area contributed by atoms with Gasteiger partial charge in [-0.1, -0.05) is 13.0 Å². The van der Waals surface area contributed by atoms with Crippen LogP contribution in [0.2, 0.25) is 0 Å². The van der Waals surface area contributed by atoms with Gasteiger partial charge in [0.2, 0.25) is 11.8 Å². The Hall–Kier alpha value is -2.72. The standard InChI is InChI=1S/C36H52FN3O5.ClH/c1-6-27-21-32(31-19-26(10-11-33(31)37)20-35(41)39(4)29-12-17-44-18-13-29)34(45-16-8-15-43-5)22-28(27)23-36(42)40(25(2)3)30-9-7-14-38-24-30;/h10-11,19,21-22,25,29-30,38H,6-9,12-18,20,23-24H2,1-5H3;1H/t30-;/m1./s1. The molecule has 0 radical (unpaired) electrons. The topological polar surface area (TPSA) is 80.3 Å². The lowest BCUT2D eigenvalue weighted by atomic mass is 9.92. The molecule has 1 atom stereocenters. The summed E-state index contributed by atoms with van der Waals surface area (Å²) in [6, 6.07) is 9.18. The Balaban J connectivity index is 0.00000576. The number of hydrogen-bond acceptors (Lipinski definition) is 6. The zero-order valence-electron chi connectivity index (χ0n) is 28.2. The summed E-state index contributed by atoms with van der Waals surface area (Å²) >= 11 is 0. The molecule has 4 rings (SSSR count). The number of nitrogens with zero attached hydrogens (tertiary/aromatic N) is 2. The molecule has 2 amide bonds. The molecule has 2 heterocycles. The molecule has 0 spiro atoms. The number of piperidine rings is 1. The molecular formula is C36H53ClFN3O5. The molecule has 0 unspecified atom stereocenters. The first-order valence-corrected chi connectivity index (χ1v) is 16.6. The minimum absolute atomic E-state index is 0. The van der Waals surface area contributed by atoms with Crippen LogP contribution in [-0.2, 0) is 38.3 Å². The second kappa shape index (κ2) is 18.6. The molecular weight excluding hydrogens is 609 g/mol. The number of benzene rings is 2. The fourth-order valence-electron chi connectivity index (χ4n) is 6.58. The maximum Gasteiger partial charge on any atom is 0.227 e. The molecule has 2 aliphatic heterocycles. The third-order valence-corrected chi connectivity index (χ3v) is 9.09. The van der Waals surface area contributed by atoms with Gasteiger partial charge >= 0.3 is 0 Å². The molecule has 2 saturated heterocycles. The van der Waals surface area contributed by atoms with Crippen molar-refractivity contribution in [2.45, 2.75) is 90.3 Å². The van der Waals surface area contributed by atoms with Crippen molar-refractivity contribution in [2.75, 3.05) is 53.7 Å². The van der Waals surface area contributed by atoms with Crippen LogP contribution in [0.3, 0.4) is 0 Å².